The predicted molar refractivity (Wildman–Crippen MR) is 194 cm³/mol. The molecule has 0 N–H and O–H groups in total. The highest BCUT2D eigenvalue weighted by atomic mass is 32.1. The van der Waals surface area contributed by atoms with Gasteiger partial charge in [-0.15, -0.1) is 11.3 Å². The quantitative estimate of drug-likeness (QED) is 0.188. The molecular weight excluding hydrogens is 551 g/mol. The molecule has 0 spiro atoms. The van der Waals surface area contributed by atoms with E-state index in [1.54, 1.807) is 0 Å². The maximum Gasteiger partial charge on any atom is 0.0468 e. The molecule has 0 fully saturated rings. The van der Waals surface area contributed by atoms with Crippen LogP contribution in [0.5, 0.6) is 0 Å². The number of hydrogen-bond acceptors (Lipinski definition) is 2. The average molecular weight is 580 g/mol. The van der Waals surface area contributed by atoms with Crippen molar-refractivity contribution in [2.75, 3.05) is 4.90 Å². The first kappa shape index (κ1) is 25.3. The van der Waals surface area contributed by atoms with Crippen LogP contribution in [0.3, 0.4) is 0 Å². The second kappa shape index (κ2) is 9.67. The van der Waals surface area contributed by atoms with Gasteiger partial charge in [0.2, 0.25) is 0 Å². The first-order valence-electron chi connectivity index (χ1n) is 15.2. The molecular formula is C42H29NS. The van der Waals surface area contributed by atoms with Gasteiger partial charge < -0.3 is 4.90 Å². The molecule has 1 aromatic heterocycles. The lowest BCUT2D eigenvalue weighted by molar-refractivity contribution is 1.26. The Kier molecular flexibility index (Phi) is 5.57. The molecule has 0 radical (unpaired) electrons. The maximum atomic E-state index is 2.37. The van der Waals surface area contributed by atoms with Gasteiger partial charge >= 0.3 is 0 Å². The number of anilines is 3. The Labute approximate surface area is 260 Å². The molecule has 9 aromatic rings. The summed E-state index contributed by atoms with van der Waals surface area (Å²) in [5.41, 5.74) is 6.00. The van der Waals surface area contributed by atoms with Crippen molar-refractivity contribution in [3.05, 3.63) is 151 Å². The van der Waals surface area contributed by atoms with Crippen molar-refractivity contribution < 1.29 is 0 Å². The number of nitrogens with zero attached hydrogens (tertiary/aromatic N) is 1. The Morgan fingerprint density at radius 1 is 0.386 bits per heavy atom. The summed E-state index contributed by atoms with van der Waals surface area (Å²) >= 11 is 1.94. The van der Waals surface area contributed by atoms with Crippen LogP contribution in [0, 0.1) is 13.8 Å². The largest absolute Gasteiger partial charge is 0.310 e. The smallest absolute Gasteiger partial charge is 0.0468 e. The average Bonchev–Trinajstić information content (AvgIpc) is 3.44. The number of fused-ring (bicyclic) bond motifs is 12. The van der Waals surface area contributed by atoms with Crippen LogP contribution < -0.4 is 4.90 Å². The van der Waals surface area contributed by atoms with E-state index in [4.69, 9.17) is 0 Å². The molecule has 44 heavy (non-hydrogen) atoms. The molecule has 9 rings (SSSR count). The summed E-state index contributed by atoms with van der Waals surface area (Å²) in [5, 5.41) is 13.2. The van der Waals surface area contributed by atoms with E-state index in [0.717, 1.165) is 5.69 Å². The molecule has 0 aliphatic heterocycles. The zero-order valence-electron chi connectivity index (χ0n) is 24.6. The van der Waals surface area contributed by atoms with E-state index in [1.807, 2.05) is 11.3 Å². The van der Waals surface area contributed by atoms with Crippen LogP contribution in [0.25, 0.3) is 63.3 Å². The van der Waals surface area contributed by atoms with Crippen LogP contribution in [-0.4, -0.2) is 0 Å². The normalized spacial score (nSPS) is 11.9. The molecule has 0 bridgehead atoms. The van der Waals surface area contributed by atoms with Crippen LogP contribution in [0.4, 0.5) is 17.1 Å². The fraction of sp³-hybridized carbons (Fsp3) is 0.0476. The van der Waals surface area contributed by atoms with Crippen LogP contribution >= 0.6 is 11.3 Å². The molecule has 1 heterocycles. The fourth-order valence-corrected chi connectivity index (χ4v) is 8.51. The zero-order chi connectivity index (χ0) is 29.4. The highest BCUT2D eigenvalue weighted by Crippen LogP contribution is 2.46. The number of aryl methyl sites for hydroxylation is 2. The minimum atomic E-state index is 1.16. The summed E-state index contributed by atoms with van der Waals surface area (Å²) in [7, 11) is 0. The summed E-state index contributed by atoms with van der Waals surface area (Å²) in [6, 6.07) is 51.6. The molecule has 1 nitrogen and oxygen atoms in total. The van der Waals surface area contributed by atoms with Crippen molar-refractivity contribution in [1.82, 2.24) is 0 Å². The van der Waals surface area contributed by atoms with Crippen molar-refractivity contribution in [1.29, 1.82) is 0 Å². The Morgan fingerprint density at radius 2 is 0.886 bits per heavy atom. The van der Waals surface area contributed by atoms with Gasteiger partial charge in [-0.1, -0.05) is 103 Å². The van der Waals surface area contributed by atoms with Gasteiger partial charge in [0, 0.05) is 42.6 Å². The molecule has 208 valence electrons. The van der Waals surface area contributed by atoms with Crippen molar-refractivity contribution >= 4 is 91.7 Å². The lowest BCUT2D eigenvalue weighted by atomic mass is 9.93. The maximum absolute atomic E-state index is 2.37. The third-order valence-electron chi connectivity index (χ3n) is 9.09. The Bertz CT molecular complexity index is 2510. The van der Waals surface area contributed by atoms with E-state index in [1.165, 1.54) is 85.8 Å². The van der Waals surface area contributed by atoms with Crippen molar-refractivity contribution in [3.8, 4) is 0 Å². The van der Waals surface area contributed by atoms with E-state index >= 15 is 0 Å². The highest BCUT2D eigenvalue weighted by molar-refractivity contribution is 7.27. The highest BCUT2D eigenvalue weighted by Gasteiger charge is 2.18. The third kappa shape index (κ3) is 3.78. The van der Waals surface area contributed by atoms with E-state index in [-0.39, 0.29) is 0 Å². The molecule has 2 heteroatoms. The van der Waals surface area contributed by atoms with Gasteiger partial charge in [-0.25, -0.2) is 0 Å². The second-order valence-corrected chi connectivity index (χ2v) is 12.9. The minimum Gasteiger partial charge on any atom is -0.310 e. The topological polar surface area (TPSA) is 3.24 Å². The summed E-state index contributed by atoms with van der Waals surface area (Å²) in [5.74, 6) is 0. The second-order valence-electron chi connectivity index (χ2n) is 11.9. The fourth-order valence-electron chi connectivity index (χ4n) is 7.11. The van der Waals surface area contributed by atoms with Gasteiger partial charge in [0.1, 0.15) is 0 Å². The lowest BCUT2D eigenvalue weighted by Gasteiger charge is -2.26. The van der Waals surface area contributed by atoms with E-state index < -0.39 is 0 Å². The summed E-state index contributed by atoms with van der Waals surface area (Å²) in [4.78, 5) is 2.37. The van der Waals surface area contributed by atoms with Crippen LogP contribution in [-0.2, 0) is 0 Å². The molecule has 8 aromatic carbocycles. The van der Waals surface area contributed by atoms with Crippen molar-refractivity contribution in [2.45, 2.75) is 13.8 Å². The number of rotatable bonds is 3. The molecule has 0 saturated heterocycles. The first-order valence-corrected chi connectivity index (χ1v) is 16.0. The molecule has 0 unspecified atom stereocenters. The number of thiophene rings is 1. The van der Waals surface area contributed by atoms with Gasteiger partial charge in [-0.2, -0.15) is 0 Å². The van der Waals surface area contributed by atoms with Crippen LogP contribution in [0.2, 0.25) is 0 Å². The first-order chi connectivity index (χ1) is 21.6. The van der Waals surface area contributed by atoms with Crippen LogP contribution in [0.15, 0.2) is 140 Å². The Hall–Kier alpha value is -5.18. The lowest BCUT2D eigenvalue weighted by Crippen LogP contribution is -2.10. The van der Waals surface area contributed by atoms with E-state index in [2.05, 4.69) is 158 Å². The molecule has 0 atom stereocenters. The Balaban J connectivity index is 1.31. The standard InChI is InChI=1S/C42H29NS/c1-26-9-7-11-29(23-26)43(30-12-8-10-27(2)24-30)31-18-20-32-28(25-31)17-19-38-39-22-21-37-35-15-4-3-13-33(35)34-14-5-6-16-36(34)40(37)42(39)44-41(32)38/h3-25H,1-2H3. The molecule has 0 aliphatic carbocycles. The van der Waals surface area contributed by atoms with E-state index in [9.17, 15) is 0 Å². The Morgan fingerprint density at radius 3 is 1.55 bits per heavy atom. The number of hydrogen-bond donors (Lipinski definition) is 0. The van der Waals surface area contributed by atoms with Crippen LogP contribution in [0.1, 0.15) is 11.1 Å². The summed E-state index contributed by atoms with van der Waals surface area (Å²) < 4.78 is 2.73. The SMILES string of the molecule is Cc1cccc(N(c2cccc(C)c2)c2ccc3c(ccc4c5ccc6c7ccccc7c7ccccc7c6c5sc34)c2)c1. The van der Waals surface area contributed by atoms with Crippen molar-refractivity contribution in [3.63, 3.8) is 0 Å². The minimum absolute atomic E-state index is 1.16. The molecule has 0 saturated carbocycles. The van der Waals surface area contributed by atoms with Gasteiger partial charge in [0.25, 0.3) is 0 Å². The molecule has 0 aliphatic rings. The summed E-state index contributed by atoms with van der Waals surface area (Å²) in [6.07, 6.45) is 0. The molecule has 0 amide bonds. The van der Waals surface area contributed by atoms with Crippen molar-refractivity contribution in [2.24, 2.45) is 0 Å². The number of benzene rings is 8. The van der Waals surface area contributed by atoms with Gasteiger partial charge in [0.05, 0.1) is 0 Å². The van der Waals surface area contributed by atoms with Gasteiger partial charge in [-0.3, -0.25) is 0 Å². The van der Waals surface area contributed by atoms with Gasteiger partial charge in [0.15, 0.2) is 0 Å². The third-order valence-corrected chi connectivity index (χ3v) is 10.4. The van der Waals surface area contributed by atoms with E-state index in [0.29, 0.717) is 0 Å². The monoisotopic (exact) mass is 579 g/mol. The van der Waals surface area contributed by atoms with Gasteiger partial charge in [-0.05, 0) is 99.1 Å². The summed E-state index contributed by atoms with van der Waals surface area (Å²) in [6.45, 7) is 4.32. The zero-order valence-corrected chi connectivity index (χ0v) is 25.5. The predicted octanol–water partition coefficient (Wildman–Crippen LogP) is 12.8.